The number of carbonyl (C=O) groups excluding carboxylic acids is 1. The Morgan fingerprint density at radius 1 is 1.27 bits per heavy atom. The largest absolute Gasteiger partial charge is 0.446 e. The second kappa shape index (κ2) is 6.98. The van der Waals surface area contributed by atoms with Gasteiger partial charge in [0, 0.05) is 12.5 Å². The van der Waals surface area contributed by atoms with Crippen LogP contribution in [0.5, 0.6) is 5.88 Å². The number of ether oxygens (including phenoxy) is 1. The topological polar surface area (TPSA) is 68.2 Å². The van der Waals surface area contributed by atoms with Gasteiger partial charge in [-0.1, -0.05) is 30.0 Å². The molecule has 132 valence electrons. The highest BCUT2D eigenvalue weighted by Crippen LogP contribution is 2.44. The molecule has 1 aliphatic rings. The van der Waals surface area contributed by atoms with Crippen molar-refractivity contribution in [2.75, 3.05) is 11.2 Å². The van der Waals surface area contributed by atoms with Crippen LogP contribution in [0.3, 0.4) is 0 Å². The van der Waals surface area contributed by atoms with Crippen LogP contribution in [-0.2, 0) is 4.79 Å². The van der Waals surface area contributed by atoms with E-state index in [1.807, 2.05) is 42.7 Å². The summed E-state index contributed by atoms with van der Waals surface area (Å²) in [6.45, 7) is 1.53. The number of amides is 1. The fraction of sp³-hybridized carbons (Fsp3) is 0.176. The van der Waals surface area contributed by atoms with Crippen LogP contribution in [0.15, 0.2) is 45.3 Å². The Hall–Kier alpha value is -1.97. The van der Waals surface area contributed by atoms with Crippen molar-refractivity contribution in [3.63, 3.8) is 0 Å². The number of nitrogens with zero attached hydrogens (tertiary/aromatic N) is 4. The van der Waals surface area contributed by atoms with Gasteiger partial charge in [0.25, 0.3) is 0 Å². The van der Waals surface area contributed by atoms with Crippen molar-refractivity contribution >= 4 is 50.6 Å². The molecule has 2 aromatic heterocycles. The number of anilines is 1. The third-order valence-electron chi connectivity index (χ3n) is 3.87. The third kappa shape index (κ3) is 3.00. The van der Waals surface area contributed by atoms with Gasteiger partial charge in [0.05, 0.1) is 14.4 Å². The number of benzene rings is 1. The zero-order valence-corrected chi connectivity index (χ0v) is 17.1. The van der Waals surface area contributed by atoms with E-state index >= 15 is 0 Å². The molecule has 1 aliphatic heterocycles. The van der Waals surface area contributed by atoms with Crippen LogP contribution in [0.4, 0.5) is 5.69 Å². The summed E-state index contributed by atoms with van der Waals surface area (Å²) in [5, 5.41) is 8.97. The minimum Gasteiger partial charge on any atom is -0.446 e. The van der Waals surface area contributed by atoms with E-state index in [1.54, 1.807) is 4.90 Å². The summed E-state index contributed by atoms with van der Waals surface area (Å²) in [7, 11) is 0. The maximum atomic E-state index is 12.6. The van der Waals surface area contributed by atoms with E-state index < -0.39 is 6.23 Å². The molecule has 9 heteroatoms. The lowest BCUT2D eigenvalue weighted by molar-refractivity contribution is -0.118. The fourth-order valence-corrected chi connectivity index (χ4v) is 4.53. The molecule has 0 aliphatic carbocycles. The normalized spacial score (nSPS) is 15.7. The summed E-state index contributed by atoms with van der Waals surface area (Å²) in [5.41, 5.74) is 2.02. The number of halogens is 1. The predicted octanol–water partition coefficient (Wildman–Crippen LogP) is 4.53. The number of para-hydroxylation sites is 1. The number of aromatic nitrogens is 3. The van der Waals surface area contributed by atoms with Gasteiger partial charge in [-0.2, -0.15) is 4.98 Å². The summed E-state index contributed by atoms with van der Waals surface area (Å²) >= 11 is 6.38. The number of rotatable bonds is 2. The van der Waals surface area contributed by atoms with Crippen molar-refractivity contribution in [3.8, 4) is 17.1 Å². The number of hydrogen-bond donors (Lipinski definition) is 0. The minimum atomic E-state index is -0.627. The van der Waals surface area contributed by atoms with Crippen molar-refractivity contribution in [1.82, 2.24) is 15.2 Å². The van der Waals surface area contributed by atoms with Crippen LogP contribution in [0.1, 0.15) is 18.0 Å². The van der Waals surface area contributed by atoms with Crippen LogP contribution >= 0.6 is 39.0 Å². The first-order chi connectivity index (χ1) is 12.6. The van der Waals surface area contributed by atoms with Gasteiger partial charge in [-0.3, -0.25) is 9.69 Å². The van der Waals surface area contributed by atoms with Crippen LogP contribution < -0.4 is 9.64 Å². The molecule has 0 saturated carbocycles. The molecule has 3 heterocycles. The minimum absolute atomic E-state index is 0.127. The van der Waals surface area contributed by atoms with E-state index in [0.29, 0.717) is 16.7 Å². The molecule has 0 radical (unpaired) electrons. The van der Waals surface area contributed by atoms with Gasteiger partial charge in [-0.15, -0.1) is 21.5 Å². The van der Waals surface area contributed by atoms with Crippen molar-refractivity contribution in [3.05, 3.63) is 45.1 Å². The van der Waals surface area contributed by atoms with Gasteiger partial charge in [0.2, 0.25) is 23.2 Å². The third-order valence-corrected chi connectivity index (χ3v) is 6.06. The average molecular weight is 449 g/mol. The van der Waals surface area contributed by atoms with E-state index in [1.165, 1.54) is 30.0 Å². The first kappa shape index (κ1) is 17.4. The van der Waals surface area contributed by atoms with Crippen molar-refractivity contribution in [2.45, 2.75) is 18.3 Å². The van der Waals surface area contributed by atoms with Crippen molar-refractivity contribution in [1.29, 1.82) is 0 Å². The number of thioether (sulfide) groups is 1. The lowest BCUT2D eigenvalue weighted by atomic mass is 10.1. The molecule has 1 amide bonds. The molecular weight excluding hydrogens is 436 g/mol. The predicted molar refractivity (Wildman–Crippen MR) is 106 cm³/mol. The van der Waals surface area contributed by atoms with Gasteiger partial charge < -0.3 is 4.74 Å². The Morgan fingerprint density at radius 3 is 2.77 bits per heavy atom. The van der Waals surface area contributed by atoms with Crippen LogP contribution in [-0.4, -0.2) is 27.3 Å². The van der Waals surface area contributed by atoms with Crippen molar-refractivity contribution in [2.24, 2.45) is 0 Å². The van der Waals surface area contributed by atoms with Crippen molar-refractivity contribution < 1.29 is 9.53 Å². The lowest BCUT2D eigenvalue weighted by Crippen LogP contribution is -2.35. The van der Waals surface area contributed by atoms with Gasteiger partial charge >= 0.3 is 0 Å². The summed E-state index contributed by atoms with van der Waals surface area (Å²) in [6, 6.07) is 11.4. The highest BCUT2D eigenvalue weighted by atomic mass is 79.9. The maximum absolute atomic E-state index is 12.6. The van der Waals surface area contributed by atoms with E-state index in [2.05, 4.69) is 31.1 Å². The van der Waals surface area contributed by atoms with Gasteiger partial charge in [-0.05, 0) is 40.4 Å². The highest BCUT2D eigenvalue weighted by molar-refractivity contribution is 9.11. The van der Waals surface area contributed by atoms with E-state index in [0.717, 1.165) is 19.9 Å². The molecule has 1 aromatic carbocycles. The molecule has 1 atom stereocenters. The SMILES string of the molecule is CSc1nnc2c(n1)O[C@H](c1ccc(Br)s1)N(C(C)=O)c1ccccc1-2. The zero-order chi connectivity index (χ0) is 18.3. The number of carbonyl (C=O) groups is 1. The molecule has 0 unspecified atom stereocenters. The van der Waals surface area contributed by atoms with Gasteiger partial charge in [-0.25, -0.2) is 0 Å². The molecule has 4 rings (SSSR count). The quantitative estimate of drug-likeness (QED) is 0.536. The molecule has 0 fully saturated rings. The van der Waals surface area contributed by atoms with Crippen LogP contribution in [0, 0.1) is 0 Å². The van der Waals surface area contributed by atoms with Gasteiger partial charge in [0.1, 0.15) is 0 Å². The molecule has 0 spiro atoms. The number of fused-ring (bicyclic) bond motifs is 3. The van der Waals surface area contributed by atoms with E-state index in [4.69, 9.17) is 4.74 Å². The highest BCUT2D eigenvalue weighted by Gasteiger charge is 2.35. The molecule has 26 heavy (non-hydrogen) atoms. The number of thiophene rings is 1. The summed E-state index contributed by atoms with van der Waals surface area (Å²) in [4.78, 5) is 19.6. The molecule has 3 aromatic rings. The Kier molecular flexibility index (Phi) is 4.68. The second-order valence-corrected chi connectivity index (χ2v) is 8.74. The first-order valence-corrected chi connectivity index (χ1v) is 10.5. The van der Waals surface area contributed by atoms with E-state index in [-0.39, 0.29) is 5.91 Å². The van der Waals surface area contributed by atoms with E-state index in [9.17, 15) is 4.79 Å². The smallest absolute Gasteiger partial charge is 0.247 e. The Balaban J connectivity index is 1.97. The number of hydrogen-bond acceptors (Lipinski definition) is 7. The van der Waals surface area contributed by atoms with Gasteiger partial charge in [0.15, 0.2) is 5.69 Å². The monoisotopic (exact) mass is 448 g/mol. The summed E-state index contributed by atoms with van der Waals surface area (Å²) in [6.07, 6.45) is 1.25. The zero-order valence-electron chi connectivity index (χ0n) is 13.8. The first-order valence-electron chi connectivity index (χ1n) is 7.68. The lowest BCUT2D eigenvalue weighted by Gasteiger charge is -2.28. The standard InChI is InChI=1S/C17H13BrN4O2S2/c1-9(23)22-11-6-4-3-5-10(11)14-15(19-17(25-2)21-20-14)24-16(22)12-7-8-13(18)26-12/h3-8,16H,1-2H3/t16-/m1/s1. The Bertz CT molecular complexity index is 994. The molecule has 0 N–H and O–H groups in total. The Labute approximate surface area is 166 Å². The van der Waals surface area contributed by atoms with Crippen LogP contribution in [0.25, 0.3) is 11.3 Å². The van der Waals surface area contributed by atoms with Crippen LogP contribution in [0.2, 0.25) is 0 Å². The second-order valence-electron chi connectivity index (χ2n) is 5.47. The summed E-state index contributed by atoms with van der Waals surface area (Å²) < 4.78 is 7.18. The molecule has 0 saturated heterocycles. The Morgan fingerprint density at radius 2 is 2.08 bits per heavy atom. The molecule has 6 nitrogen and oxygen atoms in total. The molecular formula is C17H13BrN4O2S2. The fourth-order valence-electron chi connectivity index (χ4n) is 2.79. The summed E-state index contributed by atoms with van der Waals surface area (Å²) in [5.74, 6) is 0.243. The molecule has 0 bridgehead atoms. The average Bonchev–Trinajstić information content (AvgIpc) is 3.01. The maximum Gasteiger partial charge on any atom is 0.247 e.